The molecule has 0 aliphatic heterocycles. The fourth-order valence-corrected chi connectivity index (χ4v) is 3.87. The number of esters is 1. The second kappa shape index (κ2) is 10.0. The Kier molecular flexibility index (Phi) is 7.69. The molecule has 2 atom stereocenters. The van der Waals surface area contributed by atoms with E-state index in [2.05, 4.69) is 10.0 Å². The SMILES string of the molecule is CC(C)[C@H](NS(=O)(=O)c1ccccc1)C(=O)O[C@@H](C)C(=O)Nc1ccccc1C#N. The Labute approximate surface area is 175 Å². The highest BCUT2D eigenvalue weighted by atomic mass is 32.2. The summed E-state index contributed by atoms with van der Waals surface area (Å²) >= 11 is 0. The number of carbonyl (C=O) groups is 2. The summed E-state index contributed by atoms with van der Waals surface area (Å²) in [6.45, 7) is 4.69. The molecule has 0 saturated carbocycles. The van der Waals surface area contributed by atoms with Gasteiger partial charge < -0.3 is 10.1 Å². The van der Waals surface area contributed by atoms with Crippen molar-refractivity contribution >= 4 is 27.6 Å². The number of carbonyl (C=O) groups excluding carboxylic acids is 2. The van der Waals surface area contributed by atoms with E-state index >= 15 is 0 Å². The van der Waals surface area contributed by atoms with E-state index < -0.39 is 40.0 Å². The predicted molar refractivity (Wildman–Crippen MR) is 111 cm³/mol. The van der Waals surface area contributed by atoms with Crippen molar-refractivity contribution in [2.45, 2.75) is 37.8 Å². The number of amides is 1. The average Bonchev–Trinajstić information content (AvgIpc) is 2.72. The maximum atomic E-state index is 12.6. The first-order chi connectivity index (χ1) is 14.2. The summed E-state index contributed by atoms with van der Waals surface area (Å²) in [5, 5.41) is 11.6. The van der Waals surface area contributed by atoms with Gasteiger partial charge in [0.05, 0.1) is 16.1 Å². The number of benzene rings is 2. The molecule has 158 valence electrons. The lowest BCUT2D eigenvalue weighted by molar-refractivity contribution is -0.155. The monoisotopic (exact) mass is 429 g/mol. The lowest BCUT2D eigenvalue weighted by atomic mass is 10.1. The summed E-state index contributed by atoms with van der Waals surface area (Å²) in [4.78, 5) is 25.0. The van der Waals surface area contributed by atoms with E-state index in [-0.39, 0.29) is 16.1 Å². The van der Waals surface area contributed by atoms with Crippen molar-refractivity contribution in [3.05, 3.63) is 60.2 Å². The maximum Gasteiger partial charge on any atom is 0.325 e. The molecule has 2 aromatic rings. The number of ether oxygens (including phenoxy) is 1. The molecule has 0 aliphatic rings. The first-order valence-corrected chi connectivity index (χ1v) is 10.7. The molecule has 8 nitrogen and oxygen atoms in total. The Bertz CT molecular complexity index is 1050. The summed E-state index contributed by atoms with van der Waals surface area (Å²) in [5.41, 5.74) is 0.554. The van der Waals surface area contributed by atoms with Crippen LogP contribution >= 0.6 is 0 Å². The van der Waals surface area contributed by atoms with E-state index in [1.54, 1.807) is 56.3 Å². The second-order valence-electron chi connectivity index (χ2n) is 6.88. The van der Waals surface area contributed by atoms with Crippen molar-refractivity contribution in [3.63, 3.8) is 0 Å². The van der Waals surface area contributed by atoms with Gasteiger partial charge in [-0.3, -0.25) is 9.59 Å². The highest BCUT2D eigenvalue weighted by Gasteiger charge is 2.32. The molecule has 0 unspecified atom stereocenters. The summed E-state index contributed by atoms with van der Waals surface area (Å²) < 4.78 is 32.7. The van der Waals surface area contributed by atoms with Crippen molar-refractivity contribution in [1.29, 1.82) is 5.26 Å². The van der Waals surface area contributed by atoms with E-state index in [0.29, 0.717) is 0 Å². The number of para-hydroxylation sites is 1. The molecule has 0 aromatic heterocycles. The summed E-state index contributed by atoms with van der Waals surface area (Å²) in [6.07, 6.45) is -1.20. The molecule has 30 heavy (non-hydrogen) atoms. The fraction of sp³-hybridized carbons (Fsp3) is 0.286. The number of hydrogen-bond acceptors (Lipinski definition) is 6. The van der Waals surface area contributed by atoms with Crippen molar-refractivity contribution in [3.8, 4) is 6.07 Å². The van der Waals surface area contributed by atoms with Crippen LogP contribution < -0.4 is 10.0 Å². The van der Waals surface area contributed by atoms with E-state index in [4.69, 9.17) is 10.00 Å². The van der Waals surface area contributed by atoms with Crippen molar-refractivity contribution in [1.82, 2.24) is 4.72 Å². The highest BCUT2D eigenvalue weighted by Crippen LogP contribution is 2.16. The second-order valence-corrected chi connectivity index (χ2v) is 8.60. The van der Waals surface area contributed by atoms with Crippen LogP contribution in [0.5, 0.6) is 0 Å². The van der Waals surface area contributed by atoms with Gasteiger partial charge >= 0.3 is 5.97 Å². The molecule has 2 aromatic carbocycles. The van der Waals surface area contributed by atoms with Crippen LogP contribution in [-0.2, 0) is 24.3 Å². The average molecular weight is 429 g/mol. The minimum atomic E-state index is -3.95. The number of nitrogens with zero attached hydrogens (tertiary/aromatic N) is 1. The van der Waals surface area contributed by atoms with Crippen LogP contribution in [0, 0.1) is 17.2 Å². The smallest absolute Gasteiger partial charge is 0.325 e. The van der Waals surface area contributed by atoms with Crippen LogP contribution in [0.1, 0.15) is 26.3 Å². The van der Waals surface area contributed by atoms with Gasteiger partial charge in [-0.05, 0) is 37.1 Å². The lowest BCUT2D eigenvalue weighted by Crippen LogP contribution is -2.47. The van der Waals surface area contributed by atoms with Gasteiger partial charge in [0.2, 0.25) is 10.0 Å². The number of nitrogens with one attached hydrogen (secondary N) is 2. The molecule has 0 heterocycles. The maximum absolute atomic E-state index is 12.6. The molecule has 0 radical (unpaired) electrons. The highest BCUT2D eigenvalue weighted by molar-refractivity contribution is 7.89. The molecule has 0 bridgehead atoms. The van der Waals surface area contributed by atoms with E-state index in [0.717, 1.165) is 0 Å². The van der Waals surface area contributed by atoms with Gasteiger partial charge in [-0.2, -0.15) is 9.98 Å². The third kappa shape index (κ3) is 5.89. The fourth-order valence-electron chi connectivity index (χ4n) is 2.52. The van der Waals surface area contributed by atoms with Crippen LogP contribution in [0.3, 0.4) is 0 Å². The Morgan fingerprint density at radius 2 is 1.60 bits per heavy atom. The minimum absolute atomic E-state index is 0.0161. The molecular weight excluding hydrogens is 406 g/mol. The first kappa shape index (κ1) is 23.1. The first-order valence-electron chi connectivity index (χ1n) is 9.23. The lowest BCUT2D eigenvalue weighted by Gasteiger charge is -2.23. The predicted octanol–water partition coefficient (Wildman–Crippen LogP) is 2.43. The number of anilines is 1. The number of nitriles is 1. The van der Waals surface area contributed by atoms with Gasteiger partial charge in [0.1, 0.15) is 12.1 Å². The Hall–Kier alpha value is -3.22. The zero-order chi connectivity index (χ0) is 22.3. The zero-order valence-corrected chi connectivity index (χ0v) is 17.6. The van der Waals surface area contributed by atoms with Gasteiger partial charge in [-0.1, -0.05) is 44.2 Å². The molecule has 2 rings (SSSR count). The molecule has 0 spiro atoms. The van der Waals surface area contributed by atoms with Crippen LogP contribution in [0.25, 0.3) is 0 Å². The summed E-state index contributed by atoms with van der Waals surface area (Å²) in [7, 11) is -3.95. The Morgan fingerprint density at radius 3 is 2.20 bits per heavy atom. The topological polar surface area (TPSA) is 125 Å². The molecule has 1 amide bonds. The van der Waals surface area contributed by atoms with Gasteiger partial charge in [-0.25, -0.2) is 8.42 Å². The van der Waals surface area contributed by atoms with Crippen molar-refractivity contribution < 1.29 is 22.7 Å². The number of hydrogen-bond donors (Lipinski definition) is 2. The molecule has 2 N–H and O–H groups in total. The molecular formula is C21H23N3O5S. The largest absolute Gasteiger partial charge is 0.451 e. The Balaban J connectivity index is 2.09. The van der Waals surface area contributed by atoms with E-state index in [1.165, 1.54) is 19.1 Å². The molecule has 0 saturated heterocycles. The summed E-state index contributed by atoms with van der Waals surface area (Å²) in [5.74, 6) is -1.94. The van der Waals surface area contributed by atoms with Crippen molar-refractivity contribution in [2.24, 2.45) is 5.92 Å². The van der Waals surface area contributed by atoms with Crippen LogP contribution in [0.4, 0.5) is 5.69 Å². The third-order valence-corrected chi connectivity index (χ3v) is 5.68. The third-order valence-electron chi connectivity index (χ3n) is 4.22. The van der Waals surface area contributed by atoms with Crippen molar-refractivity contribution in [2.75, 3.05) is 5.32 Å². The normalized spacial score (nSPS) is 13.2. The van der Waals surface area contributed by atoms with Gasteiger partial charge in [0.25, 0.3) is 5.91 Å². The van der Waals surface area contributed by atoms with E-state index in [9.17, 15) is 18.0 Å². The Morgan fingerprint density at radius 1 is 1.00 bits per heavy atom. The van der Waals surface area contributed by atoms with Crippen LogP contribution in [0.15, 0.2) is 59.5 Å². The standard InChI is InChI=1S/C21H23N3O5S/c1-14(2)19(24-30(27,28)17-10-5-4-6-11-17)21(26)29-15(3)20(25)23-18-12-8-7-9-16(18)13-22/h4-12,14-15,19,24H,1-3H3,(H,23,25)/t15-,19-/m0/s1. The van der Waals surface area contributed by atoms with E-state index in [1.807, 2.05) is 6.07 Å². The molecule has 0 fully saturated rings. The zero-order valence-electron chi connectivity index (χ0n) is 16.8. The molecule has 9 heteroatoms. The minimum Gasteiger partial charge on any atom is -0.451 e. The van der Waals surface area contributed by atoms with Crippen LogP contribution in [0.2, 0.25) is 0 Å². The number of sulfonamides is 1. The molecule has 0 aliphatic carbocycles. The number of rotatable bonds is 8. The van der Waals surface area contributed by atoms with Gasteiger partial charge in [0.15, 0.2) is 6.10 Å². The van der Waals surface area contributed by atoms with Gasteiger partial charge in [0, 0.05) is 0 Å². The quantitative estimate of drug-likeness (QED) is 0.621. The summed E-state index contributed by atoms with van der Waals surface area (Å²) in [6, 6.07) is 14.8. The van der Waals surface area contributed by atoms with Gasteiger partial charge in [-0.15, -0.1) is 0 Å². The van der Waals surface area contributed by atoms with Crippen LogP contribution in [-0.4, -0.2) is 32.4 Å².